The molecule has 0 aromatic heterocycles. The molecule has 0 spiro atoms. The molecule has 6 N–H and O–H groups in total. The standard InChI is InChI=1S/C17H25N3O12/c21-12(22)2-11(17(31)32)20-3-9(18(5-13(23)24)6-14(25)26)1-10(4-20)19(7-15(27)28)8-16(29)30/h9-11H,1-8H2,(H,21,22)(H,23,24)(H,25,26)(H,27,28)(H,29,30)(H,31,32)/t9-,10+,11?. The number of carboxylic acids is 6. The second-order valence-corrected chi connectivity index (χ2v) is 7.33. The lowest BCUT2D eigenvalue weighted by Gasteiger charge is -2.46. The highest BCUT2D eigenvalue weighted by molar-refractivity contribution is 5.80. The summed E-state index contributed by atoms with van der Waals surface area (Å²) >= 11 is 0. The van der Waals surface area contributed by atoms with Crippen LogP contribution in [0.5, 0.6) is 0 Å². The summed E-state index contributed by atoms with van der Waals surface area (Å²) in [7, 11) is 0. The maximum absolute atomic E-state index is 11.7. The largest absolute Gasteiger partial charge is 0.481 e. The van der Waals surface area contributed by atoms with Crippen LogP contribution in [0.4, 0.5) is 0 Å². The van der Waals surface area contributed by atoms with Gasteiger partial charge in [-0.05, 0) is 6.42 Å². The summed E-state index contributed by atoms with van der Waals surface area (Å²) in [5.41, 5.74) is 0. The van der Waals surface area contributed by atoms with Crippen LogP contribution in [0.2, 0.25) is 0 Å². The van der Waals surface area contributed by atoms with E-state index in [1.807, 2.05) is 0 Å². The van der Waals surface area contributed by atoms with Gasteiger partial charge < -0.3 is 30.6 Å². The molecule has 0 radical (unpaired) electrons. The molecular weight excluding hydrogens is 438 g/mol. The van der Waals surface area contributed by atoms with Crippen LogP contribution in [0.25, 0.3) is 0 Å². The Balaban J connectivity index is 3.35. The Bertz CT molecular complexity index is 681. The molecule has 3 atom stereocenters. The van der Waals surface area contributed by atoms with Gasteiger partial charge in [0.15, 0.2) is 0 Å². The van der Waals surface area contributed by atoms with E-state index in [0.717, 1.165) is 9.80 Å². The average Bonchev–Trinajstić information content (AvgIpc) is 2.62. The highest BCUT2D eigenvalue weighted by Crippen LogP contribution is 2.23. The van der Waals surface area contributed by atoms with E-state index in [9.17, 15) is 33.9 Å². The molecule has 1 heterocycles. The van der Waals surface area contributed by atoms with Gasteiger partial charge in [0.1, 0.15) is 6.04 Å². The molecule has 0 aliphatic carbocycles. The van der Waals surface area contributed by atoms with Crippen LogP contribution in [-0.2, 0) is 28.8 Å². The number of rotatable bonds is 14. The summed E-state index contributed by atoms with van der Waals surface area (Å²) in [6.45, 7) is -3.35. The van der Waals surface area contributed by atoms with E-state index in [4.69, 9.17) is 25.5 Å². The number of likely N-dealkylation sites (tertiary alicyclic amines) is 1. The minimum absolute atomic E-state index is 0.0585. The SMILES string of the molecule is O=C(O)CC(C(=O)O)N1C[C@H](N(CC(=O)O)CC(=O)O)C[C@H](N(CC(=O)O)CC(=O)O)C1. The van der Waals surface area contributed by atoms with Crippen molar-refractivity contribution >= 4 is 35.8 Å². The molecule has 0 aromatic rings. The van der Waals surface area contributed by atoms with Crippen molar-refractivity contribution in [2.24, 2.45) is 0 Å². The summed E-state index contributed by atoms with van der Waals surface area (Å²) < 4.78 is 0. The maximum Gasteiger partial charge on any atom is 0.321 e. The molecule has 32 heavy (non-hydrogen) atoms. The second kappa shape index (κ2) is 11.9. The quantitative estimate of drug-likeness (QED) is 0.154. The number of carboxylic acid groups (broad SMARTS) is 6. The Kier molecular flexibility index (Phi) is 9.96. The zero-order chi connectivity index (χ0) is 24.6. The number of piperidine rings is 1. The average molecular weight is 463 g/mol. The molecule has 15 nitrogen and oxygen atoms in total. The van der Waals surface area contributed by atoms with Crippen molar-refractivity contribution in [2.45, 2.75) is 31.0 Å². The smallest absolute Gasteiger partial charge is 0.321 e. The van der Waals surface area contributed by atoms with Crippen molar-refractivity contribution < 1.29 is 59.4 Å². The summed E-state index contributed by atoms with van der Waals surface area (Å²) in [5, 5.41) is 55.1. The molecule has 0 saturated carbocycles. The summed E-state index contributed by atoms with van der Waals surface area (Å²) in [6, 6.07) is -3.44. The molecule has 1 rings (SSSR count). The molecule has 15 heteroatoms. The Morgan fingerprint density at radius 2 is 1.00 bits per heavy atom. The van der Waals surface area contributed by atoms with Gasteiger partial charge in [0.25, 0.3) is 0 Å². The number of carbonyl (C=O) groups is 6. The van der Waals surface area contributed by atoms with Crippen LogP contribution in [0.15, 0.2) is 0 Å². The van der Waals surface area contributed by atoms with E-state index in [1.54, 1.807) is 0 Å². The molecule has 1 fully saturated rings. The van der Waals surface area contributed by atoms with E-state index < -0.39 is 86.5 Å². The lowest BCUT2D eigenvalue weighted by Crippen LogP contribution is -2.62. The number of aliphatic carboxylic acids is 6. The van der Waals surface area contributed by atoms with Gasteiger partial charge in [0.2, 0.25) is 0 Å². The van der Waals surface area contributed by atoms with Crippen LogP contribution >= 0.6 is 0 Å². The molecule has 180 valence electrons. The highest BCUT2D eigenvalue weighted by atomic mass is 16.4. The van der Waals surface area contributed by atoms with E-state index in [1.165, 1.54) is 4.90 Å². The first-order valence-corrected chi connectivity index (χ1v) is 9.34. The monoisotopic (exact) mass is 463 g/mol. The molecule has 1 unspecified atom stereocenters. The predicted molar refractivity (Wildman–Crippen MR) is 101 cm³/mol. The first kappa shape index (κ1) is 26.7. The van der Waals surface area contributed by atoms with Crippen molar-refractivity contribution in [3.8, 4) is 0 Å². The Morgan fingerprint density at radius 1 is 0.656 bits per heavy atom. The second-order valence-electron chi connectivity index (χ2n) is 7.33. The van der Waals surface area contributed by atoms with Gasteiger partial charge in [-0.1, -0.05) is 0 Å². The van der Waals surface area contributed by atoms with Crippen LogP contribution in [0, 0.1) is 0 Å². The van der Waals surface area contributed by atoms with Crippen LogP contribution in [-0.4, -0.2) is 139 Å². The molecule has 0 bridgehead atoms. The van der Waals surface area contributed by atoms with Crippen LogP contribution < -0.4 is 0 Å². The molecule has 1 saturated heterocycles. The number of nitrogens with zero attached hydrogens (tertiary/aromatic N) is 3. The van der Waals surface area contributed by atoms with E-state index >= 15 is 0 Å². The van der Waals surface area contributed by atoms with Crippen molar-refractivity contribution in [1.82, 2.24) is 14.7 Å². The van der Waals surface area contributed by atoms with Gasteiger partial charge in [-0.3, -0.25) is 43.5 Å². The minimum Gasteiger partial charge on any atom is -0.481 e. The van der Waals surface area contributed by atoms with Gasteiger partial charge >= 0.3 is 35.8 Å². The fraction of sp³-hybridized carbons (Fsp3) is 0.647. The van der Waals surface area contributed by atoms with Crippen molar-refractivity contribution in [3.63, 3.8) is 0 Å². The van der Waals surface area contributed by atoms with Crippen LogP contribution in [0.1, 0.15) is 12.8 Å². The molecule has 1 aliphatic heterocycles. The summed E-state index contributed by atoms with van der Waals surface area (Å²) in [4.78, 5) is 71.0. The Hall–Kier alpha value is -3.30. The van der Waals surface area contributed by atoms with Gasteiger partial charge in [-0.2, -0.15) is 0 Å². The van der Waals surface area contributed by atoms with Gasteiger partial charge in [0.05, 0.1) is 32.6 Å². The van der Waals surface area contributed by atoms with E-state index in [0.29, 0.717) is 0 Å². The lowest BCUT2D eigenvalue weighted by atomic mass is 9.95. The molecular formula is C17H25N3O12. The molecule has 0 aromatic carbocycles. The Morgan fingerprint density at radius 3 is 1.25 bits per heavy atom. The lowest BCUT2D eigenvalue weighted by molar-refractivity contribution is -0.153. The third-order valence-corrected chi connectivity index (χ3v) is 4.91. The first-order chi connectivity index (χ1) is 14.8. The zero-order valence-electron chi connectivity index (χ0n) is 16.9. The van der Waals surface area contributed by atoms with Gasteiger partial charge in [-0.25, -0.2) is 0 Å². The normalized spacial score (nSPS) is 20.1. The predicted octanol–water partition coefficient (Wildman–Crippen LogP) is -2.70. The fourth-order valence-electron chi connectivity index (χ4n) is 3.72. The van der Waals surface area contributed by atoms with Crippen molar-refractivity contribution in [2.75, 3.05) is 39.3 Å². The third kappa shape index (κ3) is 8.83. The third-order valence-electron chi connectivity index (χ3n) is 4.91. The first-order valence-electron chi connectivity index (χ1n) is 9.34. The summed E-state index contributed by atoms with van der Waals surface area (Å²) in [6.07, 6.45) is -0.887. The van der Waals surface area contributed by atoms with Crippen molar-refractivity contribution in [3.05, 3.63) is 0 Å². The zero-order valence-corrected chi connectivity index (χ0v) is 16.9. The fourth-order valence-corrected chi connectivity index (χ4v) is 3.72. The van der Waals surface area contributed by atoms with Crippen molar-refractivity contribution in [1.29, 1.82) is 0 Å². The van der Waals surface area contributed by atoms with Crippen LogP contribution in [0.3, 0.4) is 0 Å². The highest BCUT2D eigenvalue weighted by Gasteiger charge is 2.41. The number of hydrogen-bond donors (Lipinski definition) is 6. The molecule has 1 aliphatic rings. The Labute approximate surface area is 181 Å². The van der Waals surface area contributed by atoms with Gasteiger partial charge in [0, 0.05) is 25.2 Å². The molecule has 0 amide bonds. The van der Waals surface area contributed by atoms with Gasteiger partial charge in [-0.15, -0.1) is 0 Å². The maximum atomic E-state index is 11.7. The van der Waals surface area contributed by atoms with E-state index in [-0.39, 0.29) is 19.5 Å². The minimum atomic E-state index is -1.58. The van der Waals surface area contributed by atoms with E-state index in [2.05, 4.69) is 0 Å². The number of hydrogen-bond acceptors (Lipinski definition) is 9. The topological polar surface area (TPSA) is 234 Å². The summed E-state index contributed by atoms with van der Waals surface area (Å²) in [5.74, 6) is -8.41.